The molecule has 4 aromatic rings. The largest absolute Gasteiger partial charge is 0.394 e. The second kappa shape index (κ2) is 8.43. The standard InChI is InChI=1S/C22H19ClN4O2/c23-17-8-4-7-16(12-17)19-13-24-27-10-9-20(26-21(19)27)22(29)25-18(14-28)11-15-5-2-1-3-6-15/h1-10,12-13,18,28H,11,14H2,(H,25,29)/t18-/m1/s1. The lowest BCUT2D eigenvalue weighted by molar-refractivity contribution is 0.0911. The number of aliphatic hydroxyl groups is 1. The SMILES string of the molecule is O=C(N[C@@H](CO)Cc1ccccc1)c1ccn2ncc(-c3cccc(Cl)c3)c2n1. The molecule has 0 aliphatic rings. The molecule has 0 unspecified atom stereocenters. The molecule has 0 spiro atoms. The lowest BCUT2D eigenvalue weighted by Gasteiger charge is -2.16. The van der Waals surface area contributed by atoms with Gasteiger partial charge in [-0.25, -0.2) is 9.50 Å². The normalized spacial score (nSPS) is 12.1. The quantitative estimate of drug-likeness (QED) is 0.514. The predicted octanol–water partition coefficient (Wildman–Crippen LogP) is 3.38. The number of aliphatic hydroxyl groups excluding tert-OH is 1. The van der Waals surface area contributed by atoms with Crippen LogP contribution in [0.2, 0.25) is 5.02 Å². The molecule has 29 heavy (non-hydrogen) atoms. The van der Waals surface area contributed by atoms with Crippen molar-refractivity contribution in [2.24, 2.45) is 0 Å². The van der Waals surface area contributed by atoms with Gasteiger partial charge in [-0.3, -0.25) is 4.79 Å². The van der Waals surface area contributed by atoms with Crippen molar-refractivity contribution in [2.45, 2.75) is 12.5 Å². The summed E-state index contributed by atoms with van der Waals surface area (Å²) in [5.74, 6) is -0.347. The number of benzene rings is 2. The van der Waals surface area contributed by atoms with Crippen LogP contribution in [0.1, 0.15) is 16.1 Å². The Labute approximate surface area is 172 Å². The first-order valence-electron chi connectivity index (χ1n) is 9.20. The minimum atomic E-state index is -0.403. The van der Waals surface area contributed by atoms with Crippen molar-refractivity contribution in [2.75, 3.05) is 6.61 Å². The van der Waals surface area contributed by atoms with E-state index in [9.17, 15) is 9.90 Å². The molecule has 146 valence electrons. The van der Waals surface area contributed by atoms with Crippen LogP contribution in [-0.4, -0.2) is 38.3 Å². The third-order valence-electron chi connectivity index (χ3n) is 4.62. The molecule has 7 heteroatoms. The van der Waals surface area contributed by atoms with Crippen LogP contribution in [0.3, 0.4) is 0 Å². The van der Waals surface area contributed by atoms with E-state index >= 15 is 0 Å². The fourth-order valence-corrected chi connectivity index (χ4v) is 3.36. The van der Waals surface area contributed by atoms with Crippen LogP contribution in [0.25, 0.3) is 16.8 Å². The highest BCUT2D eigenvalue weighted by Gasteiger charge is 2.17. The number of carbonyl (C=O) groups is 1. The van der Waals surface area contributed by atoms with Gasteiger partial charge in [0.25, 0.3) is 5.91 Å². The van der Waals surface area contributed by atoms with Crippen molar-refractivity contribution in [1.82, 2.24) is 19.9 Å². The minimum absolute atomic E-state index is 0.163. The van der Waals surface area contributed by atoms with E-state index in [4.69, 9.17) is 11.6 Å². The number of nitrogens with zero attached hydrogens (tertiary/aromatic N) is 3. The van der Waals surface area contributed by atoms with Crippen molar-refractivity contribution in [3.05, 3.63) is 89.3 Å². The Hall–Kier alpha value is -3.22. The van der Waals surface area contributed by atoms with Gasteiger partial charge >= 0.3 is 0 Å². The van der Waals surface area contributed by atoms with Gasteiger partial charge in [0, 0.05) is 16.8 Å². The van der Waals surface area contributed by atoms with Crippen molar-refractivity contribution in [3.63, 3.8) is 0 Å². The Kier molecular flexibility index (Phi) is 5.55. The molecule has 2 N–H and O–H groups in total. The van der Waals surface area contributed by atoms with Crippen LogP contribution in [0.4, 0.5) is 0 Å². The van der Waals surface area contributed by atoms with E-state index < -0.39 is 6.04 Å². The van der Waals surface area contributed by atoms with Crippen LogP contribution in [0, 0.1) is 0 Å². The highest BCUT2D eigenvalue weighted by Crippen LogP contribution is 2.25. The van der Waals surface area contributed by atoms with Crippen LogP contribution in [0.15, 0.2) is 73.1 Å². The molecule has 0 aliphatic heterocycles. The molecule has 0 aliphatic carbocycles. The predicted molar refractivity (Wildman–Crippen MR) is 112 cm³/mol. The second-order valence-electron chi connectivity index (χ2n) is 6.69. The first-order valence-corrected chi connectivity index (χ1v) is 9.58. The summed E-state index contributed by atoms with van der Waals surface area (Å²) in [4.78, 5) is 17.2. The fraction of sp³-hybridized carbons (Fsp3) is 0.136. The molecule has 2 aromatic heterocycles. The van der Waals surface area contributed by atoms with Crippen molar-refractivity contribution in [3.8, 4) is 11.1 Å². The zero-order valence-electron chi connectivity index (χ0n) is 15.5. The van der Waals surface area contributed by atoms with E-state index in [0.29, 0.717) is 17.1 Å². The first-order chi connectivity index (χ1) is 14.1. The van der Waals surface area contributed by atoms with Crippen LogP contribution in [-0.2, 0) is 6.42 Å². The first kappa shape index (κ1) is 19.1. The number of halogens is 1. The molecule has 2 aromatic carbocycles. The lowest BCUT2D eigenvalue weighted by atomic mass is 10.1. The number of hydrogen-bond acceptors (Lipinski definition) is 4. The number of fused-ring (bicyclic) bond motifs is 1. The number of nitrogens with one attached hydrogen (secondary N) is 1. The van der Waals surface area contributed by atoms with Gasteiger partial charge in [-0.05, 0) is 35.7 Å². The Bertz CT molecular complexity index is 1140. The molecule has 1 amide bonds. The fourth-order valence-electron chi connectivity index (χ4n) is 3.17. The van der Waals surface area contributed by atoms with Gasteiger partial charge in [-0.15, -0.1) is 0 Å². The summed E-state index contributed by atoms with van der Waals surface area (Å²) in [6.45, 7) is -0.163. The maximum Gasteiger partial charge on any atom is 0.270 e. The maximum absolute atomic E-state index is 12.7. The van der Waals surface area contributed by atoms with Crippen molar-refractivity contribution < 1.29 is 9.90 Å². The average molecular weight is 407 g/mol. The third-order valence-corrected chi connectivity index (χ3v) is 4.85. The van der Waals surface area contributed by atoms with Gasteiger partial charge in [-0.1, -0.05) is 54.1 Å². The monoisotopic (exact) mass is 406 g/mol. The molecule has 4 rings (SSSR count). The van der Waals surface area contributed by atoms with Gasteiger partial charge < -0.3 is 10.4 Å². The van der Waals surface area contributed by atoms with Crippen LogP contribution < -0.4 is 5.32 Å². The molecule has 0 bridgehead atoms. The zero-order chi connectivity index (χ0) is 20.2. The lowest BCUT2D eigenvalue weighted by Crippen LogP contribution is -2.39. The van der Waals surface area contributed by atoms with E-state index in [2.05, 4.69) is 15.4 Å². The summed E-state index contributed by atoms with van der Waals surface area (Å²) in [6, 6.07) is 18.3. The van der Waals surface area contributed by atoms with Gasteiger partial charge in [0.1, 0.15) is 5.69 Å². The number of amides is 1. The van der Waals surface area contributed by atoms with Gasteiger partial charge in [0.2, 0.25) is 0 Å². The maximum atomic E-state index is 12.7. The molecular weight excluding hydrogens is 388 g/mol. The summed E-state index contributed by atoms with van der Waals surface area (Å²) in [6.07, 6.45) is 3.92. The summed E-state index contributed by atoms with van der Waals surface area (Å²) in [7, 11) is 0. The summed E-state index contributed by atoms with van der Waals surface area (Å²) in [5, 5.41) is 17.4. The Morgan fingerprint density at radius 2 is 1.97 bits per heavy atom. The van der Waals surface area contributed by atoms with Gasteiger partial charge in [0.15, 0.2) is 5.65 Å². The molecule has 6 nitrogen and oxygen atoms in total. The number of rotatable bonds is 6. The molecule has 0 saturated heterocycles. The number of carbonyl (C=O) groups excluding carboxylic acids is 1. The second-order valence-corrected chi connectivity index (χ2v) is 7.13. The third kappa shape index (κ3) is 4.29. The highest BCUT2D eigenvalue weighted by molar-refractivity contribution is 6.30. The molecule has 0 saturated carbocycles. The van der Waals surface area contributed by atoms with E-state index in [1.54, 1.807) is 29.0 Å². The van der Waals surface area contributed by atoms with Crippen LogP contribution >= 0.6 is 11.6 Å². The van der Waals surface area contributed by atoms with E-state index in [1.807, 2.05) is 48.5 Å². The van der Waals surface area contributed by atoms with E-state index in [0.717, 1.165) is 16.7 Å². The Morgan fingerprint density at radius 1 is 1.14 bits per heavy atom. The molecule has 2 heterocycles. The van der Waals surface area contributed by atoms with E-state index in [1.165, 1.54) is 0 Å². The molecule has 1 atom stereocenters. The summed E-state index contributed by atoms with van der Waals surface area (Å²) in [5.41, 5.74) is 3.51. The van der Waals surface area contributed by atoms with Crippen LogP contribution in [0.5, 0.6) is 0 Å². The molecule has 0 radical (unpaired) electrons. The summed E-state index contributed by atoms with van der Waals surface area (Å²) < 4.78 is 1.61. The minimum Gasteiger partial charge on any atom is -0.394 e. The van der Waals surface area contributed by atoms with Gasteiger partial charge in [-0.2, -0.15) is 5.10 Å². The Balaban J connectivity index is 1.58. The Morgan fingerprint density at radius 3 is 2.72 bits per heavy atom. The molecule has 0 fully saturated rings. The summed E-state index contributed by atoms with van der Waals surface area (Å²) >= 11 is 6.10. The smallest absolute Gasteiger partial charge is 0.270 e. The highest BCUT2D eigenvalue weighted by atomic mass is 35.5. The molecular formula is C22H19ClN4O2. The van der Waals surface area contributed by atoms with E-state index in [-0.39, 0.29) is 18.2 Å². The van der Waals surface area contributed by atoms with Gasteiger partial charge in [0.05, 0.1) is 18.8 Å². The number of aromatic nitrogens is 3. The topological polar surface area (TPSA) is 79.5 Å². The zero-order valence-corrected chi connectivity index (χ0v) is 16.3. The van der Waals surface area contributed by atoms with Crippen molar-refractivity contribution >= 4 is 23.2 Å². The van der Waals surface area contributed by atoms with Crippen molar-refractivity contribution in [1.29, 1.82) is 0 Å². The number of hydrogen-bond donors (Lipinski definition) is 2. The average Bonchev–Trinajstić information content (AvgIpc) is 3.17.